The summed E-state index contributed by atoms with van der Waals surface area (Å²) in [5.41, 5.74) is 1.27. The minimum Gasteiger partial charge on any atom is -0.493 e. The van der Waals surface area contributed by atoms with E-state index in [-0.39, 0.29) is 17.1 Å². The zero-order chi connectivity index (χ0) is 20.8. The Balaban J connectivity index is 1.75. The van der Waals surface area contributed by atoms with Gasteiger partial charge in [0.25, 0.3) is 0 Å². The predicted molar refractivity (Wildman–Crippen MR) is 105 cm³/mol. The highest BCUT2D eigenvalue weighted by Gasteiger charge is 2.15. The molecule has 1 aliphatic heterocycles. The van der Waals surface area contributed by atoms with Crippen molar-refractivity contribution < 1.29 is 27.4 Å². The highest BCUT2D eigenvalue weighted by atomic mass is 19.3. The van der Waals surface area contributed by atoms with Crippen LogP contribution >= 0.6 is 0 Å². The predicted octanol–water partition coefficient (Wildman–Crippen LogP) is 4.69. The molecule has 0 spiro atoms. The van der Waals surface area contributed by atoms with Crippen molar-refractivity contribution >= 4 is 23.4 Å². The van der Waals surface area contributed by atoms with E-state index in [1.807, 2.05) is 0 Å². The summed E-state index contributed by atoms with van der Waals surface area (Å²) in [4.78, 5) is 14.3. The van der Waals surface area contributed by atoms with Crippen LogP contribution in [0.2, 0.25) is 0 Å². The Kier molecular flexibility index (Phi) is 6.64. The zero-order valence-corrected chi connectivity index (χ0v) is 15.8. The van der Waals surface area contributed by atoms with E-state index in [1.165, 1.54) is 37.5 Å². The molecule has 0 aliphatic carbocycles. The number of benzene rings is 2. The van der Waals surface area contributed by atoms with Crippen LogP contribution in [0.4, 0.5) is 24.5 Å². The molecule has 0 saturated carbocycles. The van der Waals surface area contributed by atoms with Crippen molar-refractivity contribution in [2.75, 3.05) is 30.4 Å². The van der Waals surface area contributed by atoms with Crippen LogP contribution in [0.25, 0.3) is 6.08 Å². The van der Waals surface area contributed by atoms with Gasteiger partial charge in [0, 0.05) is 36.1 Å². The van der Waals surface area contributed by atoms with E-state index in [0.717, 1.165) is 32.0 Å². The number of hydrogen-bond donors (Lipinski definition) is 1. The summed E-state index contributed by atoms with van der Waals surface area (Å²) in [6.45, 7) is -1.34. The molecule has 5 nitrogen and oxygen atoms in total. The van der Waals surface area contributed by atoms with Gasteiger partial charge in [0.05, 0.1) is 7.11 Å². The third-order valence-electron chi connectivity index (χ3n) is 4.47. The molecular weight excluding hydrogens is 385 g/mol. The number of rotatable bonds is 7. The number of carbonyl (C=O) groups is 1. The van der Waals surface area contributed by atoms with E-state index < -0.39 is 18.3 Å². The van der Waals surface area contributed by atoms with Gasteiger partial charge >= 0.3 is 6.61 Å². The van der Waals surface area contributed by atoms with E-state index in [2.05, 4.69) is 15.0 Å². The van der Waals surface area contributed by atoms with Crippen LogP contribution in [-0.4, -0.2) is 32.7 Å². The van der Waals surface area contributed by atoms with E-state index >= 15 is 0 Å². The Hall–Kier alpha value is -3.16. The van der Waals surface area contributed by atoms with Crippen molar-refractivity contribution in [1.29, 1.82) is 0 Å². The topological polar surface area (TPSA) is 50.8 Å². The largest absolute Gasteiger partial charge is 0.493 e. The molecule has 0 atom stereocenters. The second kappa shape index (κ2) is 9.36. The highest BCUT2D eigenvalue weighted by molar-refractivity contribution is 6.02. The van der Waals surface area contributed by atoms with E-state index in [4.69, 9.17) is 4.74 Å². The second-order valence-corrected chi connectivity index (χ2v) is 6.47. The van der Waals surface area contributed by atoms with Crippen LogP contribution in [0.15, 0.2) is 42.5 Å². The van der Waals surface area contributed by atoms with Crippen molar-refractivity contribution in [3.05, 3.63) is 53.9 Å². The fourth-order valence-electron chi connectivity index (χ4n) is 3.19. The lowest BCUT2D eigenvalue weighted by molar-refractivity contribution is -0.111. The van der Waals surface area contributed by atoms with Crippen LogP contribution in [0.5, 0.6) is 11.5 Å². The maximum atomic E-state index is 13.9. The first-order valence-corrected chi connectivity index (χ1v) is 9.12. The van der Waals surface area contributed by atoms with Gasteiger partial charge in [-0.25, -0.2) is 4.39 Å². The normalized spacial score (nSPS) is 13.9. The number of anilines is 2. The number of amides is 1. The summed E-state index contributed by atoms with van der Waals surface area (Å²) in [5.74, 6) is -1.03. The van der Waals surface area contributed by atoms with Crippen LogP contribution in [0, 0.1) is 5.82 Å². The van der Waals surface area contributed by atoms with Crippen molar-refractivity contribution in [3.63, 3.8) is 0 Å². The van der Waals surface area contributed by atoms with Gasteiger partial charge in [0.2, 0.25) is 5.91 Å². The molecule has 1 amide bonds. The number of ether oxygens (including phenoxy) is 2. The van der Waals surface area contributed by atoms with E-state index in [9.17, 15) is 18.0 Å². The molecule has 2 aromatic carbocycles. The number of halogens is 3. The fourth-order valence-corrected chi connectivity index (χ4v) is 3.19. The van der Waals surface area contributed by atoms with Crippen LogP contribution in [0.1, 0.15) is 18.4 Å². The first kappa shape index (κ1) is 20.6. The van der Waals surface area contributed by atoms with Gasteiger partial charge in [-0.3, -0.25) is 4.79 Å². The molecule has 154 valence electrons. The molecule has 1 aliphatic rings. The monoisotopic (exact) mass is 406 g/mol. The average molecular weight is 406 g/mol. The van der Waals surface area contributed by atoms with Crippen LogP contribution < -0.4 is 19.7 Å². The summed E-state index contributed by atoms with van der Waals surface area (Å²) >= 11 is 0. The summed E-state index contributed by atoms with van der Waals surface area (Å²) in [5, 5.41) is 2.59. The van der Waals surface area contributed by atoms with Crippen molar-refractivity contribution in [2.24, 2.45) is 0 Å². The second-order valence-electron chi connectivity index (χ2n) is 6.47. The smallest absolute Gasteiger partial charge is 0.387 e. The lowest BCUT2D eigenvalue weighted by Crippen LogP contribution is -2.18. The summed E-state index contributed by atoms with van der Waals surface area (Å²) < 4.78 is 48.9. The number of alkyl halides is 2. The zero-order valence-electron chi connectivity index (χ0n) is 15.8. The minimum absolute atomic E-state index is 0.119. The van der Waals surface area contributed by atoms with Gasteiger partial charge < -0.3 is 19.7 Å². The first-order chi connectivity index (χ1) is 14.0. The minimum atomic E-state index is -3.04. The highest BCUT2D eigenvalue weighted by Crippen LogP contribution is 2.33. The summed E-state index contributed by atoms with van der Waals surface area (Å²) in [6.07, 6.45) is 4.58. The number of methoxy groups -OCH3 is 1. The van der Waals surface area contributed by atoms with Crippen molar-refractivity contribution in [1.82, 2.24) is 0 Å². The summed E-state index contributed by atoms with van der Waals surface area (Å²) in [6, 6.07) is 8.93. The van der Waals surface area contributed by atoms with Crippen molar-refractivity contribution in [2.45, 2.75) is 19.5 Å². The SMILES string of the molecule is COc1cccc(/C=C/C(=O)Nc2cc(F)cc(N3CCCC3)c2)c1OC(F)F. The molecule has 0 bridgehead atoms. The van der Waals surface area contributed by atoms with Gasteiger partial charge in [-0.1, -0.05) is 12.1 Å². The Labute approximate surface area is 166 Å². The Morgan fingerprint density at radius 2 is 1.97 bits per heavy atom. The Bertz CT molecular complexity index is 897. The Morgan fingerprint density at radius 1 is 1.21 bits per heavy atom. The standard InChI is InChI=1S/C21H21F3N2O3/c1-28-18-6-4-5-14(20(18)29-21(23)24)7-8-19(27)25-16-11-15(22)12-17(13-16)26-9-2-3-10-26/h4-8,11-13,21H,2-3,9-10H2,1H3,(H,25,27)/b8-7+. The number of nitrogens with zero attached hydrogens (tertiary/aromatic N) is 1. The summed E-state index contributed by atoms with van der Waals surface area (Å²) in [7, 11) is 1.33. The third kappa shape index (κ3) is 5.43. The molecular formula is C21H21F3N2O3. The number of nitrogens with one attached hydrogen (secondary N) is 1. The molecule has 0 aromatic heterocycles. The van der Waals surface area contributed by atoms with Crippen LogP contribution in [-0.2, 0) is 4.79 Å². The molecule has 1 N–H and O–H groups in total. The fraction of sp³-hybridized carbons (Fsp3) is 0.286. The van der Waals surface area contributed by atoms with Gasteiger partial charge in [0.1, 0.15) is 5.82 Å². The molecule has 1 fully saturated rings. The van der Waals surface area contributed by atoms with Crippen molar-refractivity contribution in [3.8, 4) is 11.5 Å². The Morgan fingerprint density at radius 3 is 2.66 bits per heavy atom. The molecule has 8 heteroatoms. The maximum absolute atomic E-state index is 13.9. The molecule has 0 unspecified atom stereocenters. The third-order valence-corrected chi connectivity index (χ3v) is 4.47. The quantitative estimate of drug-likeness (QED) is 0.678. The number of para-hydroxylation sites is 1. The number of hydrogen-bond acceptors (Lipinski definition) is 4. The number of carbonyl (C=O) groups excluding carboxylic acids is 1. The lowest BCUT2D eigenvalue weighted by Gasteiger charge is -2.18. The molecule has 1 heterocycles. The molecule has 3 rings (SSSR count). The maximum Gasteiger partial charge on any atom is 0.387 e. The van der Waals surface area contributed by atoms with E-state index in [0.29, 0.717) is 11.4 Å². The van der Waals surface area contributed by atoms with Crippen LogP contribution in [0.3, 0.4) is 0 Å². The molecule has 0 radical (unpaired) electrons. The molecule has 1 saturated heterocycles. The van der Waals surface area contributed by atoms with Gasteiger partial charge in [-0.05, 0) is 43.2 Å². The van der Waals surface area contributed by atoms with Gasteiger partial charge in [0.15, 0.2) is 11.5 Å². The van der Waals surface area contributed by atoms with E-state index in [1.54, 1.807) is 12.1 Å². The lowest BCUT2D eigenvalue weighted by atomic mass is 10.1. The molecule has 2 aromatic rings. The van der Waals surface area contributed by atoms with Gasteiger partial charge in [-0.15, -0.1) is 0 Å². The molecule has 29 heavy (non-hydrogen) atoms. The first-order valence-electron chi connectivity index (χ1n) is 9.12. The average Bonchev–Trinajstić information content (AvgIpc) is 3.21. The van der Waals surface area contributed by atoms with Gasteiger partial charge in [-0.2, -0.15) is 8.78 Å².